The number of rotatable bonds is 10. The van der Waals surface area contributed by atoms with Gasteiger partial charge in [-0.15, -0.1) is 0 Å². The Kier molecular flexibility index (Phi) is 13.2. The summed E-state index contributed by atoms with van der Waals surface area (Å²) in [6.07, 6.45) is -8.99. The maximum absolute atomic E-state index is 13.6. The van der Waals surface area contributed by atoms with Gasteiger partial charge in [0.05, 0.1) is 82.1 Å². The van der Waals surface area contributed by atoms with Gasteiger partial charge in [-0.2, -0.15) is 31.6 Å². The summed E-state index contributed by atoms with van der Waals surface area (Å²) in [4.78, 5) is 58.4. The second kappa shape index (κ2) is 17.3. The fraction of sp³-hybridized carbons (Fsp3) is 0.633. The van der Waals surface area contributed by atoms with Crippen LogP contribution in [0.25, 0.3) is 4.85 Å². The van der Waals surface area contributed by atoms with Crippen LogP contribution in [0.5, 0.6) is 0 Å². The molecule has 2 aromatic carbocycles. The number of anilines is 2. The van der Waals surface area contributed by atoms with Crippen molar-refractivity contribution in [3.8, 4) is 6.07 Å². The first-order valence-corrected chi connectivity index (χ1v) is 29.1. The molecule has 6 aliphatic heterocycles. The highest BCUT2D eigenvalue weighted by Gasteiger charge is 2.77. The summed E-state index contributed by atoms with van der Waals surface area (Å²) in [7, 11) is -4.14. The molecule has 70 heavy (non-hydrogen) atoms. The predicted molar refractivity (Wildman–Crippen MR) is 248 cm³/mol. The number of aliphatic hydroxyl groups excluding tert-OH is 1. The topological polar surface area (TPSA) is 160 Å². The Morgan fingerprint density at radius 3 is 1.77 bits per heavy atom. The molecule has 8 rings (SSSR count). The highest BCUT2D eigenvalue weighted by molar-refractivity contribution is 6.74. The van der Waals surface area contributed by atoms with E-state index in [9.17, 15) is 50.6 Å². The van der Waals surface area contributed by atoms with Crippen LogP contribution in [0.3, 0.4) is 0 Å². The Morgan fingerprint density at radius 1 is 0.771 bits per heavy atom. The molecule has 0 saturated carbocycles. The SMILES string of the molecule is CC(C)(C)[Si](C)(C)OCCC12CCC(O1)[C@@H]1C(=O)N(c3ccc(C#N)c(C(F)(F)F)c3)C(=O)[C@@H]12.[C-]#[N+]c1ccc(N2C(=O)[C@@H]3[C@H](C2=O)C2(C)OC3(CCO[Si](C)(C)C(C)(C)C)C[C@H]2O)cc1C(F)(F)F. The number of hydrogen-bond acceptors (Lipinski definition) is 10. The van der Waals surface area contributed by atoms with Crippen molar-refractivity contribution in [2.45, 2.75) is 158 Å². The summed E-state index contributed by atoms with van der Waals surface area (Å²) < 4.78 is 106. The summed E-state index contributed by atoms with van der Waals surface area (Å²) >= 11 is 0. The second-order valence-electron chi connectivity index (χ2n) is 22.7. The van der Waals surface area contributed by atoms with E-state index >= 15 is 0 Å². The number of imide groups is 2. The van der Waals surface area contributed by atoms with E-state index in [0.29, 0.717) is 38.0 Å². The molecule has 6 saturated heterocycles. The van der Waals surface area contributed by atoms with Crippen LogP contribution >= 0.6 is 0 Å². The van der Waals surface area contributed by atoms with Crippen LogP contribution in [0, 0.1) is 41.6 Å². The normalized spacial score (nSPS) is 30.7. The number of benzene rings is 2. The molecule has 6 aliphatic rings. The van der Waals surface area contributed by atoms with E-state index in [1.165, 1.54) is 18.2 Å². The molecule has 0 radical (unpaired) electrons. The summed E-state index contributed by atoms with van der Waals surface area (Å²) in [5.74, 6) is -5.87. The van der Waals surface area contributed by atoms with Gasteiger partial charge in [-0.25, -0.2) is 14.6 Å². The average molecular weight is 1020 g/mol. The van der Waals surface area contributed by atoms with Crippen molar-refractivity contribution in [3.05, 3.63) is 64.5 Å². The number of halogens is 6. The van der Waals surface area contributed by atoms with E-state index in [2.05, 4.69) is 72.6 Å². The summed E-state index contributed by atoms with van der Waals surface area (Å²) in [5, 5.41) is 19.9. The fourth-order valence-corrected chi connectivity index (χ4v) is 12.9. The monoisotopic (exact) mass is 1020 g/mol. The van der Waals surface area contributed by atoms with Gasteiger partial charge in [-0.1, -0.05) is 47.6 Å². The molecule has 4 amide bonds. The van der Waals surface area contributed by atoms with Crippen LogP contribution in [-0.2, 0) is 49.9 Å². The lowest BCUT2D eigenvalue weighted by Gasteiger charge is -2.38. The number of ether oxygens (including phenoxy) is 2. The van der Waals surface area contributed by atoms with Crippen molar-refractivity contribution in [1.29, 1.82) is 5.26 Å². The number of carbonyl (C=O) groups is 4. The number of aliphatic hydroxyl groups is 1. The number of nitriles is 1. The van der Waals surface area contributed by atoms with Gasteiger partial charge >= 0.3 is 12.4 Å². The quantitative estimate of drug-likeness (QED) is 0.105. The molecule has 380 valence electrons. The van der Waals surface area contributed by atoms with Crippen LogP contribution in [0.15, 0.2) is 36.4 Å². The molecule has 9 atom stereocenters. The van der Waals surface area contributed by atoms with Gasteiger partial charge in [0.2, 0.25) is 23.6 Å². The molecule has 0 aliphatic carbocycles. The minimum absolute atomic E-state index is 0.0175. The zero-order chi connectivity index (χ0) is 52.3. The zero-order valence-electron chi connectivity index (χ0n) is 41.1. The summed E-state index contributed by atoms with van der Waals surface area (Å²) in [5.41, 5.74) is -7.31. The van der Waals surface area contributed by atoms with Crippen LogP contribution in [0.1, 0.15) is 97.3 Å². The number of amides is 4. The molecule has 4 unspecified atom stereocenters. The van der Waals surface area contributed by atoms with Crippen molar-refractivity contribution >= 4 is 57.3 Å². The Morgan fingerprint density at radius 2 is 1.26 bits per heavy atom. The van der Waals surface area contributed by atoms with Crippen molar-refractivity contribution in [2.24, 2.45) is 23.7 Å². The van der Waals surface area contributed by atoms with Crippen LogP contribution in [-0.4, -0.2) is 87.6 Å². The Hall–Kier alpha value is -4.49. The number of alkyl halides is 6. The highest BCUT2D eigenvalue weighted by Crippen LogP contribution is 2.63. The van der Waals surface area contributed by atoms with Gasteiger partial charge < -0.3 is 23.4 Å². The number of hydrogen-bond donors (Lipinski definition) is 1. The lowest BCUT2D eigenvalue weighted by atomic mass is 9.66. The maximum atomic E-state index is 13.6. The summed E-state index contributed by atoms with van der Waals surface area (Å²) in [6.45, 7) is 30.4. The molecular weight excluding hydrogens is 959 g/mol. The molecule has 13 nitrogen and oxygen atoms in total. The third-order valence-corrected chi connectivity index (χ3v) is 25.7. The molecule has 6 heterocycles. The Balaban J connectivity index is 0.000000207. The van der Waals surface area contributed by atoms with Gasteiger partial charge in [-0.05, 0) is 99.2 Å². The maximum Gasteiger partial charge on any atom is 0.417 e. The first-order valence-electron chi connectivity index (χ1n) is 23.3. The van der Waals surface area contributed by atoms with Gasteiger partial charge in [0, 0.05) is 25.3 Å². The van der Waals surface area contributed by atoms with Crippen LogP contribution < -0.4 is 9.80 Å². The van der Waals surface area contributed by atoms with Gasteiger partial charge in [0.15, 0.2) is 22.3 Å². The molecular formula is C49H60F6N4O9Si2. The molecule has 0 spiro atoms. The smallest absolute Gasteiger partial charge is 0.417 e. The molecule has 6 fully saturated rings. The lowest BCUT2D eigenvalue weighted by Crippen LogP contribution is -2.50. The number of fused-ring (bicyclic) bond motifs is 10. The Labute approximate surface area is 405 Å². The average Bonchev–Trinajstić information content (AvgIpc) is 4.04. The zero-order valence-corrected chi connectivity index (χ0v) is 43.1. The van der Waals surface area contributed by atoms with E-state index in [4.69, 9.17) is 30.2 Å². The summed E-state index contributed by atoms with van der Waals surface area (Å²) in [6, 6.07) is 7.26. The van der Waals surface area contributed by atoms with Crippen LogP contribution in [0.2, 0.25) is 36.3 Å². The van der Waals surface area contributed by atoms with Crippen LogP contribution in [0.4, 0.5) is 43.4 Å². The molecule has 4 bridgehead atoms. The number of carbonyl (C=O) groups excluding carboxylic acids is 4. The Bertz CT molecular complexity index is 2580. The van der Waals surface area contributed by atoms with Gasteiger partial charge in [0.1, 0.15) is 5.60 Å². The second-order valence-corrected chi connectivity index (χ2v) is 32.3. The van der Waals surface area contributed by atoms with Gasteiger partial charge in [0.25, 0.3) is 0 Å². The van der Waals surface area contributed by atoms with Crippen molar-refractivity contribution in [3.63, 3.8) is 0 Å². The first kappa shape index (κ1) is 53.3. The lowest BCUT2D eigenvalue weighted by molar-refractivity contribution is -0.138. The van der Waals surface area contributed by atoms with E-state index in [-0.39, 0.29) is 40.9 Å². The van der Waals surface area contributed by atoms with E-state index in [0.717, 1.165) is 21.9 Å². The van der Waals surface area contributed by atoms with Crippen molar-refractivity contribution in [2.75, 3.05) is 23.0 Å². The van der Waals surface area contributed by atoms with Gasteiger partial charge in [-0.3, -0.25) is 19.2 Å². The molecule has 2 aromatic rings. The minimum atomic E-state index is -4.83. The van der Waals surface area contributed by atoms with E-state index in [1.807, 2.05) is 0 Å². The fourth-order valence-electron chi connectivity index (χ4n) is 10.8. The van der Waals surface area contributed by atoms with E-state index < -0.39 is 128 Å². The molecule has 21 heteroatoms. The largest absolute Gasteiger partial charge is 0.417 e. The standard InChI is InChI=1S/C25H31F3N2O5Si.C24H29F3N2O4Si/c1-22(2,3)36(6,7)34-11-10-24-13-17(31)23(4,35-24)18-19(24)21(33)30(20(18)32)14-8-9-16(29-5)15(12-14)25(26,27)28;1-22(2,3)34(4,5)32-11-10-23-9-8-17(33-23)18-19(23)21(31)29(20(18)30)15-7-6-14(13-28)16(12-15)24(25,26)27/h8-9,12,17-19,31H,10-11,13H2,1-4,6-7H3;6-7,12,17-19H,8-11H2,1-5H3/t17-,18-,19+,23?,24?;17?,18-,19+,23?/m10/s1. The predicted octanol–water partition coefficient (Wildman–Crippen LogP) is 10.1. The third-order valence-electron chi connectivity index (χ3n) is 16.6. The molecule has 0 aromatic heterocycles. The number of nitrogens with zero attached hydrogens (tertiary/aromatic N) is 4. The minimum Gasteiger partial charge on any atom is -0.417 e. The van der Waals surface area contributed by atoms with Crippen molar-refractivity contribution in [1.82, 2.24) is 0 Å². The third kappa shape index (κ3) is 8.64. The van der Waals surface area contributed by atoms with Crippen molar-refractivity contribution < 1.29 is 69.0 Å². The first-order chi connectivity index (χ1) is 32.0. The van der Waals surface area contributed by atoms with E-state index in [1.54, 1.807) is 6.92 Å². The molecule has 1 N–H and O–H groups in total. The highest BCUT2D eigenvalue weighted by atomic mass is 28.4.